The zero-order valence-corrected chi connectivity index (χ0v) is 11.8. The number of ether oxygens (including phenoxy) is 1. The second-order valence-electron chi connectivity index (χ2n) is 4.46. The van der Waals surface area contributed by atoms with Crippen molar-refractivity contribution in [3.8, 4) is 11.6 Å². The van der Waals surface area contributed by atoms with Crippen LogP contribution in [0.5, 0.6) is 11.6 Å². The quantitative estimate of drug-likeness (QED) is 0.711. The van der Waals surface area contributed by atoms with Crippen molar-refractivity contribution in [1.82, 2.24) is 15.0 Å². The van der Waals surface area contributed by atoms with Crippen LogP contribution in [-0.4, -0.2) is 15.0 Å². The summed E-state index contributed by atoms with van der Waals surface area (Å²) < 4.78 is 5.69. The Balaban J connectivity index is 1.99. The molecule has 4 nitrogen and oxygen atoms in total. The number of hydrogen-bond acceptors (Lipinski definition) is 4. The van der Waals surface area contributed by atoms with Crippen molar-refractivity contribution in [3.63, 3.8) is 0 Å². The largest absolute Gasteiger partial charge is 0.435 e. The normalized spacial score (nSPS) is 10.8. The number of nitrogens with zero attached hydrogens (tertiary/aromatic N) is 3. The van der Waals surface area contributed by atoms with Crippen molar-refractivity contribution in [2.45, 2.75) is 13.8 Å². The Kier molecular flexibility index (Phi) is 3.24. The van der Waals surface area contributed by atoms with Gasteiger partial charge in [-0.2, -0.15) is 0 Å². The van der Waals surface area contributed by atoms with Gasteiger partial charge >= 0.3 is 0 Å². The standard InChI is InChI=1S/C15H12ClN3O/c1-9-10(2)19-15(14(16)18-9)20-12-7-11-5-3-4-6-13(11)17-8-12/h3-8H,1-2H3. The van der Waals surface area contributed by atoms with E-state index >= 15 is 0 Å². The number of benzene rings is 1. The van der Waals surface area contributed by atoms with Gasteiger partial charge in [-0.05, 0) is 26.0 Å². The van der Waals surface area contributed by atoms with E-state index in [1.165, 1.54) is 0 Å². The van der Waals surface area contributed by atoms with Crippen molar-refractivity contribution in [3.05, 3.63) is 53.1 Å². The lowest BCUT2D eigenvalue weighted by molar-refractivity contribution is 0.457. The van der Waals surface area contributed by atoms with Crippen LogP contribution in [0.4, 0.5) is 0 Å². The van der Waals surface area contributed by atoms with Crippen molar-refractivity contribution < 1.29 is 4.74 Å². The summed E-state index contributed by atoms with van der Waals surface area (Å²) in [7, 11) is 0. The lowest BCUT2D eigenvalue weighted by atomic mass is 10.2. The minimum atomic E-state index is 0.251. The van der Waals surface area contributed by atoms with Crippen LogP contribution in [-0.2, 0) is 0 Å². The molecule has 0 aliphatic carbocycles. The molecule has 0 atom stereocenters. The van der Waals surface area contributed by atoms with Crippen molar-refractivity contribution in [1.29, 1.82) is 0 Å². The Morgan fingerprint density at radius 1 is 1.05 bits per heavy atom. The lowest BCUT2D eigenvalue weighted by Gasteiger charge is -2.08. The summed E-state index contributed by atoms with van der Waals surface area (Å²) >= 11 is 6.05. The number of aryl methyl sites for hydroxylation is 2. The second kappa shape index (κ2) is 5.06. The van der Waals surface area contributed by atoms with Crippen LogP contribution in [0, 0.1) is 13.8 Å². The third kappa shape index (κ3) is 2.42. The highest BCUT2D eigenvalue weighted by Crippen LogP contribution is 2.27. The molecule has 0 amide bonds. The molecule has 0 saturated carbocycles. The highest BCUT2D eigenvalue weighted by molar-refractivity contribution is 6.30. The Morgan fingerprint density at radius 3 is 2.65 bits per heavy atom. The number of aromatic nitrogens is 3. The molecule has 0 spiro atoms. The second-order valence-corrected chi connectivity index (χ2v) is 4.81. The topological polar surface area (TPSA) is 47.9 Å². The zero-order chi connectivity index (χ0) is 14.1. The first-order valence-corrected chi connectivity index (χ1v) is 6.54. The number of halogens is 1. The predicted molar refractivity (Wildman–Crippen MR) is 78.3 cm³/mol. The maximum Gasteiger partial charge on any atom is 0.257 e. The van der Waals surface area contributed by atoms with Crippen LogP contribution in [0.2, 0.25) is 5.15 Å². The van der Waals surface area contributed by atoms with Gasteiger partial charge in [0.15, 0.2) is 5.15 Å². The molecule has 0 saturated heterocycles. The lowest BCUT2D eigenvalue weighted by Crippen LogP contribution is -1.97. The molecule has 2 aromatic heterocycles. The van der Waals surface area contributed by atoms with Crippen LogP contribution in [0.1, 0.15) is 11.4 Å². The maximum absolute atomic E-state index is 6.05. The van der Waals surface area contributed by atoms with E-state index in [1.54, 1.807) is 6.20 Å². The first-order chi connectivity index (χ1) is 9.63. The van der Waals surface area contributed by atoms with Gasteiger partial charge in [-0.1, -0.05) is 29.8 Å². The third-order valence-electron chi connectivity index (χ3n) is 3.02. The number of para-hydroxylation sites is 1. The predicted octanol–water partition coefficient (Wildman–Crippen LogP) is 4.09. The summed E-state index contributed by atoms with van der Waals surface area (Å²) in [5.41, 5.74) is 2.49. The number of hydrogen-bond donors (Lipinski definition) is 0. The average molecular weight is 286 g/mol. The monoisotopic (exact) mass is 285 g/mol. The van der Waals surface area contributed by atoms with Gasteiger partial charge in [0.05, 0.1) is 23.1 Å². The van der Waals surface area contributed by atoms with Gasteiger partial charge in [0, 0.05) is 5.39 Å². The van der Waals surface area contributed by atoms with Gasteiger partial charge in [-0.25, -0.2) is 9.97 Å². The molecule has 0 aliphatic heterocycles. The summed E-state index contributed by atoms with van der Waals surface area (Å²) in [4.78, 5) is 12.8. The summed E-state index contributed by atoms with van der Waals surface area (Å²) in [6.45, 7) is 3.72. The van der Waals surface area contributed by atoms with E-state index in [0.29, 0.717) is 11.6 Å². The van der Waals surface area contributed by atoms with Crippen LogP contribution in [0.25, 0.3) is 10.9 Å². The Bertz CT molecular complexity index is 789. The van der Waals surface area contributed by atoms with Crippen molar-refractivity contribution in [2.75, 3.05) is 0 Å². The van der Waals surface area contributed by atoms with E-state index in [-0.39, 0.29) is 5.15 Å². The molecule has 0 fully saturated rings. The Morgan fingerprint density at radius 2 is 1.80 bits per heavy atom. The number of fused-ring (bicyclic) bond motifs is 1. The summed E-state index contributed by atoms with van der Waals surface area (Å²) in [5.74, 6) is 0.884. The minimum Gasteiger partial charge on any atom is -0.435 e. The zero-order valence-electron chi connectivity index (χ0n) is 11.1. The first-order valence-electron chi connectivity index (χ1n) is 6.17. The van der Waals surface area contributed by atoms with Crippen molar-refractivity contribution in [2.24, 2.45) is 0 Å². The van der Waals surface area contributed by atoms with Gasteiger partial charge in [0.2, 0.25) is 0 Å². The smallest absolute Gasteiger partial charge is 0.257 e. The fourth-order valence-corrected chi connectivity index (χ4v) is 2.05. The average Bonchev–Trinajstić information content (AvgIpc) is 2.44. The molecule has 0 radical (unpaired) electrons. The molecule has 0 unspecified atom stereocenters. The van der Waals surface area contributed by atoms with Crippen LogP contribution in [0.15, 0.2) is 36.5 Å². The fraction of sp³-hybridized carbons (Fsp3) is 0.133. The summed E-state index contributed by atoms with van der Waals surface area (Å²) in [6, 6.07) is 9.72. The van der Waals surface area contributed by atoms with E-state index in [1.807, 2.05) is 44.2 Å². The van der Waals surface area contributed by atoms with E-state index in [0.717, 1.165) is 22.3 Å². The molecule has 100 valence electrons. The van der Waals surface area contributed by atoms with Gasteiger partial charge in [0.25, 0.3) is 5.88 Å². The molecule has 3 aromatic rings. The molecule has 20 heavy (non-hydrogen) atoms. The molecule has 2 heterocycles. The van der Waals surface area contributed by atoms with Gasteiger partial charge in [-0.15, -0.1) is 0 Å². The number of pyridine rings is 1. The van der Waals surface area contributed by atoms with Gasteiger partial charge in [0.1, 0.15) is 5.75 Å². The highest BCUT2D eigenvalue weighted by atomic mass is 35.5. The van der Waals surface area contributed by atoms with Crippen molar-refractivity contribution >= 4 is 22.5 Å². The minimum absolute atomic E-state index is 0.251. The molecule has 1 aromatic carbocycles. The van der Waals surface area contributed by atoms with Gasteiger partial charge < -0.3 is 4.74 Å². The summed E-state index contributed by atoms with van der Waals surface area (Å²) in [5, 5.41) is 1.25. The SMILES string of the molecule is Cc1nc(Cl)c(Oc2cnc3ccccc3c2)nc1C. The molecule has 0 N–H and O–H groups in total. The molecule has 0 bridgehead atoms. The maximum atomic E-state index is 6.05. The molecular formula is C15H12ClN3O. The molecule has 5 heteroatoms. The third-order valence-corrected chi connectivity index (χ3v) is 3.26. The Labute approximate surface area is 121 Å². The van der Waals surface area contributed by atoms with E-state index < -0.39 is 0 Å². The van der Waals surface area contributed by atoms with E-state index in [2.05, 4.69) is 15.0 Å². The molecule has 0 aliphatic rings. The first kappa shape index (κ1) is 12.8. The summed E-state index contributed by atoms with van der Waals surface area (Å²) in [6.07, 6.45) is 1.65. The Hall–Kier alpha value is -2.20. The van der Waals surface area contributed by atoms with Crippen LogP contribution in [0.3, 0.4) is 0 Å². The molecule has 3 rings (SSSR count). The van der Waals surface area contributed by atoms with Crippen LogP contribution < -0.4 is 4.74 Å². The number of rotatable bonds is 2. The molecular weight excluding hydrogens is 274 g/mol. The highest BCUT2D eigenvalue weighted by Gasteiger charge is 2.10. The fourth-order valence-electron chi connectivity index (χ4n) is 1.84. The van der Waals surface area contributed by atoms with E-state index in [4.69, 9.17) is 16.3 Å². The van der Waals surface area contributed by atoms with E-state index in [9.17, 15) is 0 Å². The van der Waals surface area contributed by atoms with Crippen LogP contribution >= 0.6 is 11.6 Å². The van der Waals surface area contributed by atoms with Gasteiger partial charge in [-0.3, -0.25) is 4.98 Å².